The maximum Gasteiger partial charge on any atom is 0.282 e. The number of nitrogens with one attached hydrogen (secondary N) is 1. The molecule has 4 rings (SSSR count). The highest BCUT2D eigenvalue weighted by atomic mass is 35.5. The third-order valence-corrected chi connectivity index (χ3v) is 6.89. The molecule has 0 fully saturated rings. The molecule has 0 aliphatic carbocycles. The van der Waals surface area contributed by atoms with Gasteiger partial charge in [0.25, 0.3) is 5.91 Å². The van der Waals surface area contributed by atoms with Crippen LogP contribution in [-0.2, 0) is 19.3 Å². The first kappa shape index (κ1) is 21.5. The van der Waals surface area contributed by atoms with Gasteiger partial charge >= 0.3 is 0 Å². The number of nitrogens with zero attached hydrogens (tertiary/aromatic N) is 5. The van der Waals surface area contributed by atoms with Crippen molar-refractivity contribution in [1.82, 2.24) is 30.3 Å². The summed E-state index contributed by atoms with van der Waals surface area (Å²) < 4.78 is 1.92. The molecule has 4 aromatic rings. The Morgan fingerprint density at radius 1 is 1.06 bits per heavy atom. The summed E-state index contributed by atoms with van der Waals surface area (Å²) in [4.78, 5) is 12.4. The van der Waals surface area contributed by atoms with Crippen molar-refractivity contribution in [2.45, 2.75) is 24.4 Å². The van der Waals surface area contributed by atoms with Gasteiger partial charge in [0.1, 0.15) is 5.01 Å². The van der Waals surface area contributed by atoms with E-state index in [9.17, 15) is 4.79 Å². The highest BCUT2D eigenvalue weighted by molar-refractivity contribution is 7.98. The predicted octanol–water partition coefficient (Wildman–Crippen LogP) is 4.52. The normalized spacial score (nSPS) is 10.9. The van der Waals surface area contributed by atoms with Gasteiger partial charge < -0.3 is 9.88 Å². The highest BCUT2D eigenvalue weighted by Crippen LogP contribution is 2.27. The minimum absolute atomic E-state index is 0.224. The number of hydrogen-bond donors (Lipinski definition) is 1. The molecule has 7 nitrogen and oxygen atoms in total. The van der Waals surface area contributed by atoms with Gasteiger partial charge in [-0.05, 0) is 36.8 Å². The third kappa shape index (κ3) is 5.30. The third-order valence-electron chi connectivity index (χ3n) is 4.50. The number of aromatic nitrogens is 5. The van der Waals surface area contributed by atoms with Crippen LogP contribution in [0.5, 0.6) is 0 Å². The zero-order valence-electron chi connectivity index (χ0n) is 16.9. The second-order valence-corrected chi connectivity index (χ2v) is 9.27. The fourth-order valence-electron chi connectivity index (χ4n) is 2.78. The average Bonchev–Trinajstić information content (AvgIpc) is 3.39. The Morgan fingerprint density at radius 3 is 2.55 bits per heavy atom. The first-order chi connectivity index (χ1) is 15.0. The molecule has 2 aromatic carbocycles. The first-order valence-electron chi connectivity index (χ1n) is 9.44. The van der Waals surface area contributed by atoms with Crippen LogP contribution in [0.2, 0.25) is 5.02 Å². The molecule has 2 aromatic heterocycles. The standard InChI is InChI=1S/C21H19ClN6OS2/c1-13-3-5-14(6-4-13)11-23-19(29)20-26-24-17(31-20)12-30-21-27-25-18(28(21)2)15-7-9-16(22)10-8-15/h3-10H,11-12H2,1-2H3,(H,23,29). The molecule has 31 heavy (non-hydrogen) atoms. The Morgan fingerprint density at radius 2 is 1.81 bits per heavy atom. The molecule has 0 unspecified atom stereocenters. The topological polar surface area (TPSA) is 85.6 Å². The van der Waals surface area contributed by atoms with Crippen LogP contribution in [0.3, 0.4) is 0 Å². The van der Waals surface area contributed by atoms with E-state index >= 15 is 0 Å². The van der Waals surface area contributed by atoms with E-state index in [1.165, 1.54) is 28.7 Å². The summed E-state index contributed by atoms with van der Waals surface area (Å²) in [6.45, 7) is 2.48. The monoisotopic (exact) mass is 470 g/mol. The second kappa shape index (κ2) is 9.59. The van der Waals surface area contributed by atoms with E-state index in [0.29, 0.717) is 22.3 Å². The van der Waals surface area contributed by atoms with Gasteiger partial charge in [0.2, 0.25) is 5.01 Å². The molecule has 2 heterocycles. The molecule has 158 valence electrons. The smallest absolute Gasteiger partial charge is 0.282 e. The lowest BCUT2D eigenvalue weighted by molar-refractivity contribution is 0.0950. The fourth-order valence-corrected chi connectivity index (χ4v) is 4.56. The van der Waals surface area contributed by atoms with Crippen LogP contribution in [-0.4, -0.2) is 30.9 Å². The van der Waals surface area contributed by atoms with Crippen LogP contribution < -0.4 is 5.32 Å². The summed E-state index contributed by atoms with van der Waals surface area (Å²) in [6.07, 6.45) is 0. The number of thioether (sulfide) groups is 1. The van der Waals surface area contributed by atoms with Crippen LogP contribution in [0.4, 0.5) is 0 Å². The van der Waals surface area contributed by atoms with Gasteiger partial charge in [-0.1, -0.05) is 64.5 Å². The molecule has 0 radical (unpaired) electrons. The number of rotatable bonds is 7. The number of amides is 1. The lowest BCUT2D eigenvalue weighted by atomic mass is 10.1. The summed E-state index contributed by atoms with van der Waals surface area (Å²) in [5.41, 5.74) is 3.16. The molecule has 0 saturated heterocycles. The SMILES string of the molecule is Cc1ccc(CNC(=O)c2nnc(CSc3nnc(-c4ccc(Cl)cc4)n3C)s2)cc1. The molecule has 0 spiro atoms. The van der Waals surface area contributed by atoms with E-state index in [2.05, 4.69) is 25.7 Å². The molecule has 0 atom stereocenters. The average molecular weight is 471 g/mol. The Labute approximate surface area is 192 Å². The Kier molecular flexibility index (Phi) is 6.64. The zero-order valence-corrected chi connectivity index (χ0v) is 19.3. The second-order valence-electron chi connectivity index (χ2n) is 6.83. The van der Waals surface area contributed by atoms with E-state index in [1.54, 1.807) is 0 Å². The van der Waals surface area contributed by atoms with Crippen molar-refractivity contribution in [1.29, 1.82) is 0 Å². The molecule has 0 saturated carbocycles. The molecule has 1 N–H and O–H groups in total. The van der Waals surface area contributed by atoms with Crippen molar-refractivity contribution in [2.24, 2.45) is 7.05 Å². The van der Waals surface area contributed by atoms with E-state index in [4.69, 9.17) is 11.6 Å². The van der Waals surface area contributed by atoms with Crippen molar-refractivity contribution in [3.63, 3.8) is 0 Å². The minimum atomic E-state index is -0.224. The van der Waals surface area contributed by atoms with Gasteiger partial charge in [0.05, 0.1) is 5.75 Å². The van der Waals surface area contributed by atoms with Gasteiger partial charge in [-0.15, -0.1) is 20.4 Å². The van der Waals surface area contributed by atoms with Crippen LogP contribution in [0.25, 0.3) is 11.4 Å². The van der Waals surface area contributed by atoms with E-state index < -0.39 is 0 Å². The van der Waals surface area contributed by atoms with Crippen LogP contribution in [0, 0.1) is 6.92 Å². The van der Waals surface area contributed by atoms with Crippen molar-refractivity contribution in [3.05, 3.63) is 74.7 Å². The lowest BCUT2D eigenvalue weighted by Gasteiger charge is -2.03. The van der Waals surface area contributed by atoms with E-state index in [-0.39, 0.29) is 5.91 Å². The molecule has 10 heteroatoms. The van der Waals surface area contributed by atoms with Gasteiger partial charge in [-0.25, -0.2) is 0 Å². The molecule has 1 amide bonds. The number of carbonyl (C=O) groups excluding carboxylic acids is 1. The van der Waals surface area contributed by atoms with Crippen molar-refractivity contribution >= 4 is 40.6 Å². The molecule has 0 aliphatic heterocycles. The first-order valence-corrected chi connectivity index (χ1v) is 11.6. The van der Waals surface area contributed by atoms with E-state index in [0.717, 1.165) is 27.1 Å². The fraction of sp³-hybridized carbons (Fsp3) is 0.190. The van der Waals surface area contributed by atoms with E-state index in [1.807, 2.05) is 67.1 Å². The number of carbonyl (C=O) groups is 1. The summed E-state index contributed by atoms with van der Waals surface area (Å²) in [5, 5.41) is 22.1. The molecular formula is C21H19ClN6OS2. The number of halogens is 1. The predicted molar refractivity (Wildman–Crippen MR) is 123 cm³/mol. The van der Waals surface area contributed by atoms with Gasteiger partial charge in [0.15, 0.2) is 11.0 Å². The Balaban J connectivity index is 1.34. The maximum absolute atomic E-state index is 12.4. The Hall–Kier alpha value is -2.75. The number of aryl methyl sites for hydroxylation is 1. The molecule has 0 aliphatic rings. The molecular weight excluding hydrogens is 452 g/mol. The quantitative estimate of drug-likeness (QED) is 0.400. The van der Waals surface area contributed by atoms with Crippen molar-refractivity contribution in [2.75, 3.05) is 0 Å². The van der Waals surface area contributed by atoms with Crippen molar-refractivity contribution in [3.8, 4) is 11.4 Å². The van der Waals surface area contributed by atoms with Crippen molar-refractivity contribution < 1.29 is 4.79 Å². The lowest BCUT2D eigenvalue weighted by Crippen LogP contribution is -2.22. The largest absolute Gasteiger partial charge is 0.346 e. The highest BCUT2D eigenvalue weighted by Gasteiger charge is 2.15. The summed E-state index contributed by atoms with van der Waals surface area (Å²) in [5.74, 6) is 1.08. The minimum Gasteiger partial charge on any atom is -0.346 e. The van der Waals surface area contributed by atoms with Crippen LogP contribution >= 0.6 is 34.7 Å². The van der Waals surface area contributed by atoms with Gasteiger partial charge in [-0.2, -0.15) is 0 Å². The van der Waals surface area contributed by atoms with Gasteiger partial charge in [0, 0.05) is 24.2 Å². The zero-order chi connectivity index (χ0) is 21.8. The van der Waals surface area contributed by atoms with Gasteiger partial charge in [-0.3, -0.25) is 4.79 Å². The van der Waals surface area contributed by atoms with Crippen LogP contribution in [0.15, 0.2) is 53.7 Å². The number of benzene rings is 2. The molecule has 0 bridgehead atoms. The summed E-state index contributed by atoms with van der Waals surface area (Å²) in [7, 11) is 1.91. The maximum atomic E-state index is 12.4. The Bertz CT molecular complexity index is 1190. The summed E-state index contributed by atoms with van der Waals surface area (Å²) >= 11 is 8.73. The summed E-state index contributed by atoms with van der Waals surface area (Å²) in [6, 6.07) is 15.5. The number of hydrogen-bond acceptors (Lipinski definition) is 7. The van der Waals surface area contributed by atoms with Crippen LogP contribution in [0.1, 0.15) is 25.9 Å².